The molecule has 0 saturated heterocycles. The van der Waals surface area contributed by atoms with Gasteiger partial charge >= 0.3 is 24.6 Å². The minimum Gasteiger partial charge on any atom is -0.433 e. The molecule has 0 heterocycles. The van der Waals surface area contributed by atoms with Crippen LogP contribution in [0.3, 0.4) is 0 Å². The van der Waals surface area contributed by atoms with Crippen molar-refractivity contribution < 1.29 is 57.1 Å². The summed E-state index contributed by atoms with van der Waals surface area (Å²) in [5.41, 5.74) is -1.58. The number of hydrogen-bond acceptors (Lipinski definition) is 12. The predicted octanol–water partition coefficient (Wildman–Crippen LogP) is 3.97. The average Bonchev–Trinajstić information content (AvgIpc) is 2.82. The highest BCUT2D eigenvalue weighted by molar-refractivity contribution is 5.62. The van der Waals surface area contributed by atoms with Crippen molar-refractivity contribution in [2.24, 2.45) is 5.41 Å². The molecule has 0 radical (unpaired) electrons. The van der Waals surface area contributed by atoms with E-state index >= 15 is 0 Å². The maximum absolute atomic E-state index is 11.8. The molecule has 0 aromatic rings. The van der Waals surface area contributed by atoms with E-state index < -0.39 is 56.5 Å². The monoisotopic (exact) mass is 488 g/mol. The molecule has 0 bridgehead atoms. The highest BCUT2D eigenvalue weighted by Crippen LogP contribution is 2.22. The fraction of sp³-hybridized carbons (Fsp3) is 0.455. The molecule has 34 heavy (non-hydrogen) atoms. The van der Waals surface area contributed by atoms with Crippen LogP contribution in [0.5, 0.6) is 0 Å². The van der Waals surface area contributed by atoms with E-state index in [2.05, 4.69) is 26.3 Å². The van der Waals surface area contributed by atoms with Crippen molar-refractivity contribution in [3.63, 3.8) is 0 Å². The zero-order valence-electron chi connectivity index (χ0n) is 18.2. The number of hydrogen-bond donors (Lipinski definition) is 0. The van der Waals surface area contributed by atoms with Crippen LogP contribution in [0.1, 0.15) is 7.43 Å². The van der Waals surface area contributed by atoms with Gasteiger partial charge in [0.1, 0.15) is 58.3 Å². The Labute approximate surface area is 198 Å². The molecule has 192 valence electrons. The summed E-state index contributed by atoms with van der Waals surface area (Å²) in [6.45, 7) is 10.8. The molecule has 12 nitrogen and oxygen atoms in total. The van der Waals surface area contributed by atoms with Crippen LogP contribution in [0.25, 0.3) is 0 Å². The molecule has 0 atom stereocenters. The molecule has 0 aliphatic carbocycles. The van der Waals surface area contributed by atoms with Gasteiger partial charge in [0.2, 0.25) is 0 Å². The van der Waals surface area contributed by atoms with Gasteiger partial charge in [-0.15, -0.1) is 0 Å². The summed E-state index contributed by atoms with van der Waals surface area (Å²) < 4.78 is 38.8. The van der Waals surface area contributed by atoms with Gasteiger partial charge in [-0.25, -0.2) is 19.2 Å². The first-order chi connectivity index (χ1) is 15.8. The van der Waals surface area contributed by atoms with Crippen LogP contribution in [-0.4, -0.2) is 77.5 Å². The number of rotatable bonds is 16. The lowest BCUT2D eigenvalue weighted by Crippen LogP contribution is -2.44. The summed E-state index contributed by atoms with van der Waals surface area (Å²) in [6, 6.07) is 0. The minimum absolute atomic E-state index is 0. The molecule has 0 aromatic heterocycles. The lowest BCUT2D eigenvalue weighted by Gasteiger charge is -2.30. The zero-order chi connectivity index (χ0) is 25.0. The molecule has 0 aliphatic rings. The normalized spacial score (nSPS) is 9.65. The van der Waals surface area contributed by atoms with Gasteiger partial charge in [0.25, 0.3) is 0 Å². The fourth-order valence-electron chi connectivity index (χ4n) is 1.77. The smallest absolute Gasteiger partial charge is 0.433 e. The predicted molar refractivity (Wildman–Crippen MR) is 119 cm³/mol. The largest absolute Gasteiger partial charge is 0.508 e. The van der Waals surface area contributed by atoms with Gasteiger partial charge in [-0.2, -0.15) is 0 Å². The standard InChI is InChI=1S/C21H28O12.CH4/c1-5-9-26-17(22)30-13-21(14-31-18(23)27-10-6-2,15-32-19(24)28-11-7-3)16-33-20(25)29-12-8-4;/h5-8H,1-4,9-16H2;1H4. The Hall–Kier alpha value is -3.96. The van der Waals surface area contributed by atoms with Gasteiger partial charge < -0.3 is 37.9 Å². The van der Waals surface area contributed by atoms with Crippen molar-refractivity contribution in [3.8, 4) is 0 Å². The van der Waals surface area contributed by atoms with Gasteiger partial charge in [0, 0.05) is 0 Å². The molecule has 0 unspecified atom stereocenters. The Morgan fingerprint density at radius 3 is 0.853 bits per heavy atom. The summed E-state index contributed by atoms with van der Waals surface area (Å²) in [6.07, 6.45) is 0.841. The van der Waals surface area contributed by atoms with Gasteiger partial charge in [0.15, 0.2) is 0 Å². The lowest BCUT2D eigenvalue weighted by molar-refractivity contribution is -0.0803. The van der Waals surface area contributed by atoms with Crippen molar-refractivity contribution in [3.05, 3.63) is 50.6 Å². The molecule has 0 aromatic carbocycles. The number of carbonyl (C=O) groups excluding carboxylic acids is 4. The maximum atomic E-state index is 11.8. The Balaban J connectivity index is 0. The Morgan fingerprint density at radius 2 is 0.676 bits per heavy atom. The lowest BCUT2D eigenvalue weighted by atomic mass is 9.92. The molecule has 0 N–H and O–H groups in total. The van der Waals surface area contributed by atoms with E-state index in [0.717, 1.165) is 0 Å². The summed E-state index contributed by atoms with van der Waals surface area (Å²) in [4.78, 5) is 47.1. The van der Waals surface area contributed by atoms with Crippen molar-refractivity contribution >= 4 is 24.6 Å². The molecular weight excluding hydrogens is 456 g/mol. The molecule has 12 heteroatoms. The molecule has 0 rings (SSSR count). The van der Waals surface area contributed by atoms with Crippen LogP contribution in [0.2, 0.25) is 0 Å². The highest BCUT2D eigenvalue weighted by atomic mass is 16.8. The third-order valence-electron chi connectivity index (χ3n) is 3.26. The van der Waals surface area contributed by atoms with E-state index in [1.165, 1.54) is 24.3 Å². The average molecular weight is 488 g/mol. The number of carbonyl (C=O) groups is 4. The number of ether oxygens (including phenoxy) is 8. The quantitative estimate of drug-likeness (QED) is 0.176. The van der Waals surface area contributed by atoms with Crippen LogP contribution in [0.4, 0.5) is 19.2 Å². The maximum Gasteiger partial charge on any atom is 0.508 e. The van der Waals surface area contributed by atoms with Gasteiger partial charge in [-0.3, -0.25) is 0 Å². The van der Waals surface area contributed by atoms with Gasteiger partial charge in [-0.05, 0) is 0 Å². The summed E-state index contributed by atoms with van der Waals surface area (Å²) in [5.74, 6) is 0. The molecular formula is C22H32O12. The minimum atomic E-state index is -1.58. The zero-order valence-corrected chi connectivity index (χ0v) is 18.2. The van der Waals surface area contributed by atoms with E-state index in [9.17, 15) is 19.2 Å². The van der Waals surface area contributed by atoms with Crippen molar-refractivity contribution in [1.29, 1.82) is 0 Å². The van der Waals surface area contributed by atoms with Crippen LogP contribution < -0.4 is 0 Å². The molecule has 0 fully saturated rings. The Bertz CT molecular complexity index is 568. The first-order valence-electron chi connectivity index (χ1n) is 9.44. The topological polar surface area (TPSA) is 142 Å². The molecule has 0 saturated carbocycles. The second-order valence-corrected chi connectivity index (χ2v) is 6.05. The summed E-state index contributed by atoms with van der Waals surface area (Å²) >= 11 is 0. The van der Waals surface area contributed by atoms with Crippen molar-refractivity contribution in [2.45, 2.75) is 7.43 Å². The van der Waals surface area contributed by atoms with E-state index in [0.29, 0.717) is 0 Å². The van der Waals surface area contributed by atoms with Crippen molar-refractivity contribution in [1.82, 2.24) is 0 Å². The van der Waals surface area contributed by atoms with E-state index in [4.69, 9.17) is 37.9 Å². The van der Waals surface area contributed by atoms with Crippen LogP contribution in [0, 0.1) is 5.41 Å². The Kier molecular flexibility index (Phi) is 18.7. The molecule has 0 amide bonds. The highest BCUT2D eigenvalue weighted by Gasteiger charge is 2.39. The first-order valence-corrected chi connectivity index (χ1v) is 9.44. The molecule has 0 spiro atoms. The van der Waals surface area contributed by atoms with Gasteiger partial charge in [-0.1, -0.05) is 58.0 Å². The second-order valence-electron chi connectivity index (χ2n) is 6.05. The van der Waals surface area contributed by atoms with Crippen LogP contribution >= 0.6 is 0 Å². The third kappa shape index (κ3) is 15.8. The Morgan fingerprint density at radius 1 is 0.471 bits per heavy atom. The van der Waals surface area contributed by atoms with E-state index in [1.807, 2.05) is 0 Å². The van der Waals surface area contributed by atoms with Gasteiger partial charge in [0.05, 0.1) is 0 Å². The van der Waals surface area contributed by atoms with E-state index in [1.54, 1.807) is 0 Å². The molecule has 0 aliphatic heterocycles. The summed E-state index contributed by atoms with van der Waals surface area (Å²) in [5, 5.41) is 0. The SMILES string of the molecule is C.C=CCOC(=O)OCC(COC(=O)OCC=C)(COC(=O)OCC=C)COC(=O)OCC=C. The van der Waals surface area contributed by atoms with E-state index in [-0.39, 0.29) is 33.9 Å². The van der Waals surface area contributed by atoms with Crippen molar-refractivity contribution in [2.75, 3.05) is 52.9 Å². The van der Waals surface area contributed by atoms with Crippen LogP contribution in [0.15, 0.2) is 50.6 Å². The first kappa shape index (κ1) is 32.2. The van der Waals surface area contributed by atoms with Crippen LogP contribution in [-0.2, 0) is 37.9 Å². The second kappa shape index (κ2) is 19.7. The summed E-state index contributed by atoms with van der Waals surface area (Å²) in [7, 11) is 0. The fourth-order valence-corrected chi connectivity index (χ4v) is 1.77. The third-order valence-corrected chi connectivity index (χ3v) is 3.26.